The summed E-state index contributed by atoms with van der Waals surface area (Å²) < 4.78 is 7.77. The molecule has 0 aliphatic heterocycles. The quantitative estimate of drug-likeness (QED) is 0.670. The third kappa shape index (κ3) is 4.12. The Kier molecular flexibility index (Phi) is 5.89. The molecule has 8 heteroatoms. The summed E-state index contributed by atoms with van der Waals surface area (Å²) in [6.07, 6.45) is 0. The topological polar surface area (TPSA) is 66.1 Å². The Bertz CT molecular complexity index is 713. The molecule has 6 nitrogen and oxygen atoms in total. The fourth-order valence-corrected chi connectivity index (χ4v) is 2.44. The smallest absolute Gasteiger partial charge is 0.349 e. The minimum absolute atomic E-state index is 0.0892. The van der Waals surface area contributed by atoms with Gasteiger partial charge in [0, 0.05) is 5.33 Å². The van der Waals surface area contributed by atoms with E-state index in [4.69, 9.17) is 4.74 Å². The number of nitrogens with zero attached hydrogens (tertiary/aromatic N) is 3. The van der Waals surface area contributed by atoms with Gasteiger partial charge in [-0.3, -0.25) is 4.79 Å². The van der Waals surface area contributed by atoms with Gasteiger partial charge >= 0.3 is 5.69 Å². The second-order valence-electron chi connectivity index (χ2n) is 4.18. The van der Waals surface area contributed by atoms with Crippen LogP contribution in [0.5, 0.6) is 0 Å². The van der Waals surface area contributed by atoms with Crippen LogP contribution in [0.25, 0.3) is 0 Å². The van der Waals surface area contributed by atoms with E-state index in [1.807, 2.05) is 30.3 Å². The number of aryl methyl sites for hydroxylation is 1. The third-order valence-corrected chi connectivity index (χ3v) is 3.56. The van der Waals surface area contributed by atoms with Crippen LogP contribution in [-0.2, 0) is 24.6 Å². The third-order valence-electron chi connectivity index (χ3n) is 2.71. The summed E-state index contributed by atoms with van der Waals surface area (Å²) in [5, 5.41) is 4.46. The first-order valence-electron chi connectivity index (χ1n) is 6.18. The normalized spacial score (nSPS) is 10.8. The molecule has 0 spiro atoms. The Hall–Kier alpha value is -1.25. The van der Waals surface area contributed by atoms with Gasteiger partial charge in [-0.2, -0.15) is 5.10 Å². The number of rotatable bonds is 6. The van der Waals surface area contributed by atoms with E-state index < -0.39 is 11.2 Å². The number of alkyl halides is 1. The van der Waals surface area contributed by atoms with Crippen LogP contribution >= 0.6 is 31.9 Å². The van der Waals surface area contributed by atoms with Gasteiger partial charge in [-0.25, -0.2) is 14.0 Å². The van der Waals surface area contributed by atoms with Crippen LogP contribution in [0.15, 0.2) is 44.5 Å². The standard InChI is InChI=1S/C13H13Br2N3O3/c14-6-7-18-13(20)17(12(19)11(15)16-18)9-21-8-10-4-2-1-3-5-10/h1-5H,6-9H2. The Balaban J connectivity index is 2.16. The summed E-state index contributed by atoms with van der Waals surface area (Å²) in [7, 11) is 0. The largest absolute Gasteiger partial charge is 0.356 e. The van der Waals surface area contributed by atoms with E-state index >= 15 is 0 Å². The molecule has 1 aromatic carbocycles. The second-order valence-corrected chi connectivity index (χ2v) is 5.73. The van der Waals surface area contributed by atoms with E-state index in [0.29, 0.717) is 18.5 Å². The van der Waals surface area contributed by atoms with Crippen molar-refractivity contribution in [2.24, 2.45) is 0 Å². The molecule has 0 amide bonds. The minimum Gasteiger partial charge on any atom is -0.356 e. The van der Waals surface area contributed by atoms with Gasteiger partial charge in [-0.15, -0.1) is 0 Å². The minimum atomic E-state index is -0.501. The number of aromatic nitrogens is 3. The van der Waals surface area contributed by atoms with Crippen molar-refractivity contribution in [3.63, 3.8) is 0 Å². The number of halogens is 2. The van der Waals surface area contributed by atoms with Gasteiger partial charge in [0.15, 0.2) is 4.60 Å². The molecule has 2 aromatic rings. The highest BCUT2D eigenvalue weighted by molar-refractivity contribution is 9.10. The molecule has 0 radical (unpaired) electrons. The van der Waals surface area contributed by atoms with E-state index in [2.05, 4.69) is 37.0 Å². The van der Waals surface area contributed by atoms with E-state index in [9.17, 15) is 9.59 Å². The highest BCUT2D eigenvalue weighted by Gasteiger charge is 2.11. The molecule has 0 saturated heterocycles. The maximum absolute atomic E-state index is 12.1. The Morgan fingerprint density at radius 2 is 1.90 bits per heavy atom. The van der Waals surface area contributed by atoms with Crippen LogP contribution in [0.2, 0.25) is 0 Å². The molecule has 0 unspecified atom stereocenters. The van der Waals surface area contributed by atoms with Gasteiger partial charge < -0.3 is 4.74 Å². The van der Waals surface area contributed by atoms with Crippen molar-refractivity contribution in [2.45, 2.75) is 19.9 Å². The summed E-state index contributed by atoms with van der Waals surface area (Å²) in [6, 6.07) is 9.53. The molecular weight excluding hydrogens is 406 g/mol. The summed E-state index contributed by atoms with van der Waals surface area (Å²) in [6.45, 7) is 0.581. The molecule has 0 bridgehead atoms. The zero-order chi connectivity index (χ0) is 15.2. The van der Waals surface area contributed by atoms with E-state index in [0.717, 1.165) is 10.1 Å². The SMILES string of the molecule is O=c1c(Br)nn(CCBr)c(=O)n1COCc1ccccc1. The van der Waals surface area contributed by atoms with E-state index in [1.165, 1.54) is 4.68 Å². The van der Waals surface area contributed by atoms with Crippen LogP contribution in [0, 0.1) is 0 Å². The number of hydrogen-bond donors (Lipinski definition) is 0. The average molecular weight is 419 g/mol. The average Bonchev–Trinajstić information content (AvgIpc) is 2.49. The molecule has 0 aliphatic carbocycles. The van der Waals surface area contributed by atoms with Crippen LogP contribution in [0.3, 0.4) is 0 Å². The molecule has 0 atom stereocenters. The van der Waals surface area contributed by atoms with Crippen molar-refractivity contribution in [3.8, 4) is 0 Å². The van der Waals surface area contributed by atoms with Crippen molar-refractivity contribution in [3.05, 3.63) is 61.3 Å². The van der Waals surface area contributed by atoms with E-state index in [1.54, 1.807) is 0 Å². The van der Waals surface area contributed by atoms with E-state index in [-0.39, 0.29) is 11.3 Å². The van der Waals surface area contributed by atoms with Crippen molar-refractivity contribution >= 4 is 31.9 Å². The lowest BCUT2D eigenvalue weighted by Gasteiger charge is -2.09. The molecule has 2 rings (SSSR count). The molecule has 0 N–H and O–H groups in total. The molecule has 1 heterocycles. The predicted molar refractivity (Wildman–Crippen MR) is 85.5 cm³/mol. The molecular formula is C13H13Br2N3O3. The van der Waals surface area contributed by atoms with Crippen LogP contribution in [0.1, 0.15) is 5.56 Å². The van der Waals surface area contributed by atoms with Gasteiger partial charge in [-0.1, -0.05) is 46.3 Å². The highest BCUT2D eigenvalue weighted by atomic mass is 79.9. The molecule has 0 aliphatic rings. The maximum atomic E-state index is 12.1. The van der Waals surface area contributed by atoms with Crippen molar-refractivity contribution < 1.29 is 4.74 Å². The van der Waals surface area contributed by atoms with Crippen molar-refractivity contribution in [1.82, 2.24) is 14.3 Å². The first-order valence-corrected chi connectivity index (χ1v) is 8.10. The summed E-state index contributed by atoms with van der Waals surface area (Å²) in [5.74, 6) is 0. The molecule has 1 aromatic heterocycles. The monoisotopic (exact) mass is 417 g/mol. The first kappa shape index (κ1) is 16.1. The lowest BCUT2D eigenvalue weighted by Crippen LogP contribution is -2.42. The first-order chi connectivity index (χ1) is 10.1. The Morgan fingerprint density at radius 1 is 1.19 bits per heavy atom. The lowest BCUT2D eigenvalue weighted by atomic mass is 10.2. The molecule has 0 saturated carbocycles. The fraction of sp³-hybridized carbons (Fsp3) is 0.308. The van der Waals surface area contributed by atoms with Crippen LogP contribution in [0.4, 0.5) is 0 Å². The summed E-state index contributed by atoms with van der Waals surface area (Å²) in [4.78, 5) is 24.1. The number of ether oxygens (including phenoxy) is 1. The van der Waals surface area contributed by atoms with Gasteiger partial charge in [0.05, 0.1) is 13.2 Å². The molecule has 112 valence electrons. The summed E-state index contributed by atoms with van der Waals surface area (Å²) in [5.41, 5.74) is -0.0194. The zero-order valence-electron chi connectivity index (χ0n) is 11.0. The summed E-state index contributed by atoms with van der Waals surface area (Å²) >= 11 is 6.30. The Morgan fingerprint density at radius 3 is 2.57 bits per heavy atom. The fourth-order valence-electron chi connectivity index (χ4n) is 1.70. The lowest BCUT2D eigenvalue weighted by molar-refractivity contribution is 0.0569. The number of benzene rings is 1. The molecule has 21 heavy (non-hydrogen) atoms. The van der Waals surface area contributed by atoms with Gasteiger partial charge in [0.2, 0.25) is 0 Å². The Labute approximate surface area is 137 Å². The maximum Gasteiger partial charge on any atom is 0.349 e. The van der Waals surface area contributed by atoms with Crippen LogP contribution in [-0.4, -0.2) is 19.7 Å². The molecule has 0 fully saturated rings. The van der Waals surface area contributed by atoms with Crippen molar-refractivity contribution in [2.75, 3.05) is 5.33 Å². The zero-order valence-corrected chi connectivity index (χ0v) is 14.2. The number of hydrogen-bond acceptors (Lipinski definition) is 4. The van der Waals surface area contributed by atoms with Crippen molar-refractivity contribution in [1.29, 1.82) is 0 Å². The van der Waals surface area contributed by atoms with Gasteiger partial charge in [-0.05, 0) is 21.5 Å². The predicted octanol–water partition coefficient (Wildman–Crippen LogP) is 1.74. The van der Waals surface area contributed by atoms with Gasteiger partial charge in [0.1, 0.15) is 6.73 Å². The van der Waals surface area contributed by atoms with Crippen LogP contribution < -0.4 is 11.2 Å². The highest BCUT2D eigenvalue weighted by Crippen LogP contribution is 2.01. The van der Waals surface area contributed by atoms with Gasteiger partial charge in [0.25, 0.3) is 5.56 Å². The second kappa shape index (κ2) is 7.67.